The Kier molecular flexibility index (Phi) is 4.49. The number of para-hydroxylation sites is 1. The van der Waals surface area contributed by atoms with E-state index in [2.05, 4.69) is 10.3 Å². The fourth-order valence-electron chi connectivity index (χ4n) is 2.91. The number of aromatic nitrogens is 1. The van der Waals surface area contributed by atoms with Gasteiger partial charge in [-0.25, -0.2) is 0 Å². The van der Waals surface area contributed by atoms with Crippen molar-refractivity contribution in [3.8, 4) is 0 Å². The molecule has 0 aliphatic rings. The number of amides is 1. The molecule has 0 bridgehead atoms. The van der Waals surface area contributed by atoms with Gasteiger partial charge in [-0.2, -0.15) is 0 Å². The molecule has 130 valence electrons. The second kappa shape index (κ2) is 6.94. The van der Waals surface area contributed by atoms with Gasteiger partial charge >= 0.3 is 0 Å². The van der Waals surface area contributed by atoms with Gasteiger partial charge in [0.05, 0.1) is 10.3 Å². The minimum Gasteiger partial charge on any atom is -0.351 e. The zero-order chi connectivity index (χ0) is 18.1. The molecule has 0 atom stereocenters. The molecule has 4 rings (SSSR count). The van der Waals surface area contributed by atoms with Crippen LogP contribution in [-0.2, 0) is 6.42 Å². The third-order valence-corrected chi connectivity index (χ3v) is 5.65. The van der Waals surface area contributed by atoms with Crippen molar-refractivity contribution in [2.45, 2.75) is 6.42 Å². The van der Waals surface area contributed by atoms with Crippen LogP contribution in [0.4, 0.5) is 0 Å². The van der Waals surface area contributed by atoms with E-state index in [1.807, 2.05) is 48.5 Å². The fraction of sp³-hybridized carbons (Fsp3) is 0.100. The number of fused-ring (bicyclic) bond motifs is 3. The van der Waals surface area contributed by atoms with E-state index in [4.69, 9.17) is 11.6 Å². The summed E-state index contributed by atoms with van der Waals surface area (Å²) in [5.74, 6) is -0.163. The average Bonchev–Trinajstić information content (AvgIpc) is 3.10. The molecular formula is C20H15ClN2O2S. The maximum atomic E-state index is 12.5. The molecule has 4 nitrogen and oxygen atoms in total. The Bertz CT molecular complexity index is 1160. The van der Waals surface area contributed by atoms with Crippen LogP contribution >= 0.6 is 22.9 Å². The van der Waals surface area contributed by atoms with E-state index in [1.165, 1.54) is 11.3 Å². The van der Waals surface area contributed by atoms with E-state index in [-0.39, 0.29) is 11.5 Å². The van der Waals surface area contributed by atoms with Crippen molar-refractivity contribution in [2.24, 2.45) is 0 Å². The van der Waals surface area contributed by atoms with Crippen LogP contribution in [0.2, 0.25) is 5.02 Å². The molecule has 0 aliphatic heterocycles. The van der Waals surface area contributed by atoms with Gasteiger partial charge in [-0.05, 0) is 36.2 Å². The quantitative estimate of drug-likeness (QED) is 0.550. The zero-order valence-electron chi connectivity index (χ0n) is 13.7. The lowest BCUT2D eigenvalue weighted by atomic mass is 10.1. The average molecular weight is 383 g/mol. The number of halogens is 1. The third-order valence-electron chi connectivity index (χ3n) is 4.23. The van der Waals surface area contributed by atoms with E-state index < -0.39 is 0 Å². The summed E-state index contributed by atoms with van der Waals surface area (Å²) in [5, 5.41) is 5.12. The summed E-state index contributed by atoms with van der Waals surface area (Å²) in [6.07, 6.45) is 0.720. The number of H-pyrrole nitrogens is 1. The normalized spacial score (nSPS) is 11.1. The predicted molar refractivity (Wildman–Crippen MR) is 107 cm³/mol. The summed E-state index contributed by atoms with van der Waals surface area (Å²) >= 11 is 7.22. The first kappa shape index (κ1) is 16.8. The molecule has 1 amide bonds. The molecule has 2 heterocycles. The van der Waals surface area contributed by atoms with Gasteiger partial charge in [0.25, 0.3) is 11.5 Å². The number of rotatable bonds is 4. The number of thiophene rings is 1. The molecule has 6 heteroatoms. The molecule has 0 saturated carbocycles. The number of benzene rings is 2. The lowest BCUT2D eigenvalue weighted by molar-refractivity contribution is 0.0958. The Labute approximate surface area is 158 Å². The summed E-state index contributed by atoms with van der Waals surface area (Å²) in [5.41, 5.74) is 1.71. The Morgan fingerprint density at radius 1 is 1.08 bits per heavy atom. The molecule has 0 fully saturated rings. The SMILES string of the molecule is O=C(NCCc1ccc(Cl)cc1)c1cc2c(=O)[nH]c3ccccc3c2s1. The number of aromatic amines is 1. The predicted octanol–water partition coefficient (Wildman–Crippen LogP) is 4.37. The van der Waals surface area contributed by atoms with Crippen molar-refractivity contribution >= 4 is 49.8 Å². The molecular weight excluding hydrogens is 368 g/mol. The monoisotopic (exact) mass is 382 g/mol. The third kappa shape index (κ3) is 3.23. The van der Waals surface area contributed by atoms with Crippen molar-refractivity contribution in [3.05, 3.63) is 80.4 Å². The van der Waals surface area contributed by atoms with Gasteiger partial charge in [0, 0.05) is 27.2 Å². The smallest absolute Gasteiger partial charge is 0.261 e. The molecule has 2 aromatic heterocycles. The van der Waals surface area contributed by atoms with Crippen molar-refractivity contribution in [1.82, 2.24) is 10.3 Å². The zero-order valence-corrected chi connectivity index (χ0v) is 15.3. The summed E-state index contributed by atoms with van der Waals surface area (Å²) in [6, 6.07) is 16.8. The summed E-state index contributed by atoms with van der Waals surface area (Å²) in [7, 11) is 0. The van der Waals surface area contributed by atoms with Gasteiger partial charge in [0.15, 0.2) is 0 Å². The highest BCUT2D eigenvalue weighted by atomic mass is 35.5. The van der Waals surface area contributed by atoms with Gasteiger partial charge < -0.3 is 10.3 Å². The lowest BCUT2D eigenvalue weighted by Gasteiger charge is -2.04. The molecule has 2 N–H and O–H groups in total. The van der Waals surface area contributed by atoms with Crippen molar-refractivity contribution in [1.29, 1.82) is 0 Å². The first-order valence-corrected chi connectivity index (χ1v) is 9.38. The van der Waals surface area contributed by atoms with Gasteiger partial charge in [-0.1, -0.05) is 41.9 Å². The maximum Gasteiger partial charge on any atom is 0.261 e. The number of carbonyl (C=O) groups is 1. The van der Waals surface area contributed by atoms with E-state index in [9.17, 15) is 9.59 Å². The van der Waals surface area contributed by atoms with Crippen LogP contribution in [0.15, 0.2) is 59.4 Å². The van der Waals surface area contributed by atoms with Gasteiger partial charge in [-0.3, -0.25) is 9.59 Å². The molecule has 0 radical (unpaired) electrons. The molecule has 0 unspecified atom stereocenters. The molecule has 2 aromatic carbocycles. The van der Waals surface area contributed by atoms with Crippen LogP contribution < -0.4 is 10.9 Å². The van der Waals surface area contributed by atoms with E-state index in [0.717, 1.165) is 27.6 Å². The van der Waals surface area contributed by atoms with Crippen LogP contribution in [0.5, 0.6) is 0 Å². The van der Waals surface area contributed by atoms with Crippen LogP contribution in [-0.4, -0.2) is 17.4 Å². The highest BCUT2D eigenvalue weighted by Crippen LogP contribution is 2.29. The minimum atomic E-state index is -0.171. The Hall–Kier alpha value is -2.63. The first-order chi connectivity index (χ1) is 12.6. The standard InChI is InChI=1S/C20H15ClN2O2S/c21-13-7-5-12(6-8-13)9-10-22-20(25)17-11-15-18(26-17)14-3-1-2-4-16(14)23-19(15)24/h1-8,11H,9-10H2,(H,22,25)(H,23,24). The van der Waals surface area contributed by atoms with E-state index in [1.54, 1.807) is 6.07 Å². The number of nitrogens with one attached hydrogen (secondary N) is 2. The van der Waals surface area contributed by atoms with Gasteiger partial charge in [0.1, 0.15) is 0 Å². The summed E-state index contributed by atoms with van der Waals surface area (Å²) in [4.78, 5) is 28.1. The van der Waals surface area contributed by atoms with Crippen molar-refractivity contribution in [2.75, 3.05) is 6.54 Å². The Morgan fingerprint density at radius 3 is 2.65 bits per heavy atom. The van der Waals surface area contributed by atoms with Gasteiger partial charge in [0.2, 0.25) is 0 Å². The highest BCUT2D eigenvalue weighted by molar-refractivity contribution is 7.21. The molecule has 0 aliphatic carbocycles. The summed E-state index contributed by atoms with van der Waals surface area (Å²) in [6.45, 7) is 0.520. The lowest BCUT2D eigenvalue weighted by Crippen LogP contribution is -2.24. The Morgan fingerprint density at radius 2 is 1.85 bits per heavy atom. The van der Waals surface area contributed by atoms with Crippen LogP contribution in [0.1, 0.15) is 15.2 Å². The maximum absolute atomic E-state index is 12.5. The fourth-order valence-corrected chi connectivity index (χ4v) is 4.15. The number of hydrogen-bond acceptors (Lipinski definition) is 3. The van der Waals surface area contributed by atoms with Crippen molar-refractivity contribution < 1.29 is 4.79 Å². The van der Waals surface area contributed by atoms with E-state index >= 15 is 0 Å². The minimum absolute atomic E-state index is 0.163. The van der Waals surface area contributed by atoms with Gasteiger partial charge in [-0.15, -0.1) is 11.3 Å². The molecule has 0 spiro atoms. The first-order valence-electron chi connectivity index (χ1n) is 8.19. The number of hydrogen-bond donors (Lipinski definition) is 2. The largest absolute Gasteiger partial charge is 0.351 e. The Balaban J connectivity index is 1.55. The molecule has 4 aromatic rings. The number of pyridine rings is 1. The second-order valence-corrected chi connectivity index (χ2v) is 7.47. The molecule has 26 heavy (non-hydrogen) atoms. The number of carbonyl (C=O) groups excluding carboxylic acids is 1. The van der Waals surface area contributed by atoms with E-state index in [0.29, 0.717) is 21.8 Å². The van der Waals surface area contributed by atoms with Crippen LogP contribution in [0.25, 0.3) is 21.0 Å². The van der Waals surface area contributed by atoms with Crippen LogP contribution in [0.3, 0.4) is 0 Å². The van der Waals surface area contributed by atoms with Crippen molar-refractivity contribution in [3.63, 3.8) is 0 Å². The second-order valence-electron chi connectivity index (χ2n) is 5.99. The highest BCUT2D eigenvalue weighted by Gasteiger charge is 2.14. The topological polar surface area (TPSA) is 62.0 Å². The molecule has 0 saturated heterocycles. The van der Waals surface area contributed by atoms with Crippen LogP contribution in [0, 0.1) is 0 Å². The summed E-state index contributed by atoms with van der Waals surface area (Å²) < 4.78 is 0.840.